The van der Waals surface area contributed by atoms with Crippen molar-refractivity contribution in [3.05, 3.63) is 0 Å². The third kappa shape index (κ3) is 3.28. The summed E-state index contributed by atoms with van der Waals surface area (Å²) in [6.07, 6.45) is 9.96. The number of hydrogen-bond donors (Lipinski definition) is 1. The number of hydrogen-bond acceptors (Lipinski definition) is 1. The molecular formula is C7H8O. The van der Waals surface area contributed by atoms with E-state index < -0.39 is 6.10 Å². The third-order valence-electron chi connectivity index (χ3n) is 0.707. The monoisotopic (exact) mass is 108 g/mol. The summed E-state index contributed by atoms with van der Waals surface area (Å²) in [6.45, 7) is 0. The van der Waals surface area contributed by atoms with E-state index >= 15 is 0 Å². The van der Waals surface area contributed by atoms with Crippen molar-refractivity contribution in [3.8, 4) is 24.7 Å². The molecule has 0 unspecified atom stereocenters. The van der Waals surface area contributed by atoms with Crippen LogP contribution in [0.2, 0.25) is 0 Å². The van der Waals surface area contributed by atoms with Gasteiger partial charge in [-0.1, -0.05) is 0 Å². The number of aliphatic hydroxyl groups excluding tert-OH is 1. The Kier molecular flexibility index (Phi) is 3.76. The van der Waals surface area contributed by atoms with Gasteiger partial charge in [-0.15, -0.1) is 24.7 Å². The molecule has 0 atom stereocenters. The van der Waals surface area contributed by atoms with Crippen molar-refractivity contribution in [2.45, 2.75) is 18.9 Å². The molecule has 42 valence electrons. The van der Waals surface area contributed by atoms with Crippen LogP contribution in [-0.4, -0.2) is 11.2 Å². The van der Waals surface area contributed by atoms with Gasteiger partial charge in [0.15, 0.2) is 0 Å². The van der Waals surface area contributed by atoms with Crippen LogP contribution in [0.5, 0.6) is 0 Å². The molecule has 0 aliphatic heterocycles. The minimum absolute atomic E-state index is 0.351. The normalized spacial score (nSPS) is 8.00. The van der Waals surface area contributed by atoms with Crippen molar-refractivity contribution in [3.63, 3.8) is 0 Å². The lowest BCUT2D eigenvalue weighted by Gasteiger charge is -1.97. The van der Waals surface area contributed by atoms with Gasteiger partial charge in [0, 0.05) is 12.8 Å². The number of aliphatic hydroxyl groups is 1. The summed E-state index contributed by atoms with van der Waals surface area (Å²) in [5.74, 6) is 4.61. The van der Waals surface area contributed by atoms with Gasteiger partial charge in [-0.05, 0) is 0 Å². The number of terminal acetylenes is 2. The van der Waals surface area contributed by atoms with Gasteiger partial charge >= 0.3 is 0 Å². The molecule has 0 aliphatic carbocycles. The van der Waals surface area contributed by atoms with Gasteiger partial charge < -0.3 is 5.11 Å². The molecule has 0 aliphatic rings. The van der Waals surface area contributed by atoms with E-state index in [-0.39, 0.29) is 0 Å². The Morgan fingerprint density at radius 1 is 1.25 bits per heavy atom. The summed E-state index contributed by atoms with van der Waals surface area (Å²) in [5.41, 5.74) is 0. The second kappa shape index (κ2) is 4.24. The molecule has 0 aromatic rings. The summed E-state index contributed by atoms with van der Waals surface area (Å²) >= 11 is 0. The first kappa shape index (κ1) is 7.08. The van der Waals surface area contributed by atoms with E-state index in [1.54, 1.807) is 0 Å². The Bertz CT molecular complexity index is 108. The zero-order valence-corrected chi connectivity index (χ0v) is 4.59. The van der Waals surface area contributed by atoms with Crippen LogP contribution in [0.4, 0.5) is 0 Å². The molecule has 0 aromatic heterocycles. The summed E-state index contributed by atoms with van der Waals surface area (Å²) in [6, 6.07) is 0. The Hall–Kier alpha value is -0.920. The third-order valence-corrected chi connectivity index (χ3v) is 0.707. The average molecular weight is 108 g/mol. The van der Waals surface area contributed by atoms with Gasteiger partial charge in [0.25, 0.3) is 0 Å². The van der Waals surface area contributed by atoms with Crippen LogP contribution in [0.1, 0.15) is 12.8 Å². The van der Waals surface area contributed by atoms with Crippen LogP contribution >= 0.6 is 0 Å². The predicted octanol–water partition coefficient (Wildman–Crippen LogP) is 0.394. The minimum Gasteiger partial charge on any atom is -0.391 e. The van der Waals surface area contributed by atoms with Gasteiger partial charge in [0.1, 0.15) is 0 Å². The van der Waals surface area contributed by atoms with Crippen molar-refractivity contribution in [1.29, 1.82) is 0 Å². The van der Waals surface area contributed by atoms with E-state index in [4.69, 9.17) is 18.0 Å². The standard InChI is InChI=1S/C7H8O/c1-3-5-7(8)6-4-2/h1-2,7-8H,5-6H2. The molecule has 0 aromatic carbocycles. The Morgan fingerprint density at radius 2 is 1.62 bits per heavy atom. The van der Waals surface area contributed by atoms with E-state index in [9.17, 15) is 0 Å². The second-order valence-corrected chi connectivity index (χ2v) is 1.47. The quantitative estimate of drug-likeness (QED) is 0.507. The Labute approximate surface area is 49.7 Å². The van der Waals surface area contributed by atoms with Gasteiger partial charge in [0.2, 0.25) is 0 Å². The SMILES string of the molecule is C#CCC(O)CC#C. The fourth-order valence-electron chi connectivity index (χ4n) is 0.344. The highest BCUT2D eigenvalue weighted by Gasteiger charge is 1.95. The highest BCUT2D eigenvalue weighted by Crippen LogP contribution is 1.92. The molecule has 0 radical (unpaired) electrons. The lowest BCUT2D eigenvalue weighted by atomic mass is 10.2. The molecule has 0 rings (SSSR count). The zero-order valence-electron chi connectivity index (χ0n) is 4.59. The van der Waals surface area contributed by atoms with Gasteiger partial charge in [-0.3, -0.25) is 0 Å². The first-order valence-corrected chi connectivity index (χ1v) is 2.36. The van der Waals surface area contributed by atoms with Gasteiger partial charge in [0.05, 0.1) is 6.10 Å². The van der Waals surface area contributed by atoms with E-state index in [1.807, 2.05) is 0 Å². The molecule has 0 saturated heterocycles. The molecule has 1 N–H and O–H groups in total. The van der Waals surface area contributed by atoms with Crippen molar-refractivity contribution < 1.29 is 5.11 Å². The largest absolute Gasteiger partial charge is 0.391 e. The van der Waals surface area contributed by atoms with Crippen molar-refractivity contribution in [2.75, 3.05) is 0 Å². The topological polar surface area (TPSA) is 20.2 Å². The molecule has 8 heavy (non-hydrogen) atoms. The van der Waals surface area contributed by atoms with Crippen LogP contribution < -0.4 is 0 Å². The van der Waals surface area contributed by atoms with Crippen LogP contribution in [0.3, 0.4) is 0 Å². The molecule has 0 amide bonds. The van der Waals surface area contributed by atoms with Gasteiger partial charge in [-0.2, -0.15) is 0 Å². The molecule has 0 saturated carbocycles. The smallest absolute Gasteiger partial charge is 0.0758 e. The van der Waals surface area contributed by atoms with Crippen molar-refractivity contribution >= 4 is 0 Å². The number of rotatable bonds is 2. The van der Waals surface area contributed by atoms with E-state index in [2.05, 4.69) is 11.8 Å². The van der Waals surface area contributed by atoms with Crippen LogP contribution in [0, 0.1) is 24.7 Å². The van der Waals surface area contributed by atoms with E-state index in [0.29, 0.717) is 12.8 Å². The highest BCUT2D eigenvalue weighted by molar-refractivity contribution is 4.93. The maximum atomic E-state index is 8.76. The molecule has 0 fully saturated rings. The summed E-state index contributed by atoms with van der Waals surface area (Å²) in [7, 11) is 0. The minimum atomic E-state index is -0.509. The molecule has 0 heterocycles. The predicted molar refractivity (Wildman–Crippen MR) is 32.9 cm³/mol. The molecule has 1 heteroatoms. The molecule has 1 nitrogen and oxygen atoms in total. The fourth-order valence-corrected chi connectivity index (χ4v) is 0.344. The molecular weight excluding hydrogens is 100 g/mol. The zero-order chi connectivity index (χ0) is 6.41. The Balaban J connectivity index is 3.25. The molecule has 0 spiro atoms. The van der Waals surface area contributed by atoms with Crippen LogP contribution in [-0.2, 0) is 0 Å². The van der Waals surface area contributed by atoms with Gasteiger partial charge in [-0.25, -0.2) is 0 Å². The fraction of sp³-hybridized carbons (Fsp3) is 0.429. The molecule has 0 bridgehead atoms. The Morgan fingerprint density at radius 3 is 1.88 bits per heavy atom. The van der Waals surface area contributed by atoms with Crippen molar-refractivity contribution in [2.24, 2.45) is 0 Å². The lowest BCUT2D eigenvalue weighted by molar-refractivity contribution is 0.186. The summed E-state index contributed by atoms with van der Waals surface area (Å²) < 4.78 is 0. The first-order valence-electron chi connectivity index (χ1n) is 2.36. The van der Waals surface area contributed by atoms with E-state index in [1.165, 1.54) is 0 Å². The van der Waals surface area contributed by atoms with Crippen LogP contribution in [0.15, 0.2) is 0 Å². The maximum absolute atomic E-state index is 8.76. The average Bonchev–Trinajstić information content (AvgIpc) is 1.68. The lowest BCUT2D eigenvalue weighted by Crippen LogP contribution is -2.02. The second-order valence-electron chi connectivity index (χ2n) is 1.47. The van der Waals surface area contributed by atoms with E-state index in [0.717, 1.165) is 0 Å². The summed E-state index contributed by atoms with van der Waals surface area (Å²) in [4.78, 5) is 0. The first-order chi connectivity index (χ1) is 3.81. The highest BCUT2D eigenvalue weighted by atomic mass is 16.3. The maximum Gasteiger partial charge on any atom is 0.0758 e. The van der Waals surface area contributed by atoms with Crippen LogP contribution in [0.25, 0.3) is 0 Å². The van der Waals surface area contributed by atoms with Crippen molar-refractivity contribution in [1.82, 2.24) is 0 Å². The summed E-state index contributed by atoms with van der Waals surface area (Å²) in [5, 5.41) is 8.76.